The summed E-state index contributed by atoms with van der Waals surface area (Å²) in [6, 6.07) is 3.62. The smallest absolute Gasteiger partial charge is 0.346 e. The first kappa shape index (κ1) is 14.9. The van der Waals surface area contributed by atoms with Crippen LogP contribution in [-0.2, 0) is 12.7 Å². The van der Waals surface area contributed by atoms with Gasteiger partial charge in [-0.3, -0.25) is 4.79 Å². The molecular weight excluding hydrogens is 290 g/mol. The zero-order valence-electron chi connectivity index (χ0n) is 10.5. The highest BCUT2D eigenvalue weighted by molar-refractivity contribution is 5.94. The maximum Gasteiger partial charge on any atom is 0.419 e. The molecule has 0 saturated carbocycles. The second kappa shape index (κ2) is 5.86. The lowest BCUT2D eigenvalue weighted by atomic mass is 10.1. The van der Waals surface area contributed by atoms with E-state index < -0.39 is 23.5 Å². The molecule has 0 unspecified atom stereocenters. The van der Waals surface area contributed by atoms with Gasteiger partial charge in [0.05, 0.1) is 17.8 Å². The number of hydrogen-bond acceptors (Lipinski definition) is 3. The Morgan fingerprint density at radius 3 is 2.62 bits per heavy atom. The monoisotopic (exact) mass is 299 g/mol. The van der Waals surface area contributed by atoms with Crippen LogP contribution in [0.15, 0.2) is 36.8 Å². The summed E-state index contributed by atoms with van der Waals surface area (Å²) in [4.78, 5) is 19.3. The van der Waals surface area contributed by atoms with Crippen molar-refractivity contribution in [2.75, 3.05) is 0 Å². The van der Waals surface area contributed by atoms with Gasteiger partial charge in [-0.1, -0.05) is 0 Å². The predicted molar refractivity (Wildman–Crippen MR) is 64.6 cm³/mol. The molecule has 0 saturated heterocycles. The number of benzene rings is 1. The summed E-state index contributed by atoms with van der Waals surface area (Å²) >= 11 is 0. The second-order valence-electron chi connectivity index (χ2n) is 4.08. The third-order valence-electron chi connectivity index (χ3n) is 2.61. The number of carbonyl (C=O) groups excluding carboxylic acids is 1. The van der Waals surface area contributed by atoms with Gasteiger partial charge in [0.25, 0.3) is 5.91 Å². The molecular formula is C13H9F4N3O. The van der Waals surface area contributed by atoms with E-state index in [4.69, 9.17) is 0 Å². The summed E-state index contributed by atoms with van der Waals surface area (Å²) in [6.45, 7) is 0.0279. The number of amides is 1. The number of alkyl halides is 3. The fourth-order valence-corrected chi connectivity index (χ4v) is 1.58. The van der Waals surface area contributed by atoms with Crippen molar-refractivity contribution < 1.29 is 22.4 Å². The van der Waals surface area contributed by atoms with E-state index in [0.717, 1.165) is 6.07 Å². The van der Waals surface area contributed by atoms with Gasteiger partial charge in [-0.25, -0.2) is 14.4 Å². The molecule has 0 aliphatic carbocycles. The fourth-order valence-electron chi connectivity index (χ4n) is 1.58. The third-order valence-corrected chi connectivity index (χ3v) is 2.61. The molecule has 1 aromatic heterocycles. The van der Waals surface area contributed by atoms with Crippen molar-refractivity contribution in [3.8, 4) is 0 Å². The molecule has 1 aromatic carbocycles. The van der Waals surface area contributed by atoms with Gasteiger partial charge in [0.1, 0.15) is 12.1 Å². The van der Waals surface area contributed by atoms with E-state index in [-0.39, 0.29) is 12.1 Å². The van der Waals surface area contributed by atoms with Gasteiger partial charge in [-0.15, -0.1) is 0 Å². The van der Waals surface area contributed by atoms with Gasteiger partial charge in [0.2, 0.25) is 0 Å². The first-order valence-corrected chi connectivity index (χ1v) is 5.78. The number of nitrogens with one attached hydrogen (secondary N) is 1. The summed E-state index contributed by atoms with van der Waals surface area (Å²) in [5.74, 6) is -2.17. The van der Waals surface area contributed by atoms with Gasteiger partial charge in [-0.05, 0) is 24.3 Å². The maximum atomic E-state index is 13.1. The zero-order valence-corrected chi connectivity index (χ0v) is 10.5. The Bertz CT molecular complexity index is 644. The first-order valence-electron chi connectivity index (χ1n) is 5.78. The number of carbonyl (C=O) groups is 1. The zero-order chi connectivity index (χ0) is 15.5. The Balaban J connectivity index is 2.13. The van der Waals surface area contributed by atoms with Crippen LogP contribution in [0.1, 0.15) is 21.6 Å². The minimum absolute atomic E-state index is 0.0279. The molecule has 0 bridgehead atoms. The molecule has 0 radical (unpaired) electrons. The van der Waals surface area contributed by atoms with E-state index in [1.807, 2.05) is 0 Å². The van der Waals surface area contributed by atoms with Crippen molar-refractivity contribution >= 4 is 5.91 Å². The molecule has 8 heteroatoms. The van der Waals surface area contributed by atoms with E-state index in [9.17, 15) is 22.4 Å². The minimum atomic E-state index is -4.85. The molecule has 0 fully saturated rings. The number of aromatic nitrogens is 2. The largest absolute Gasteiger partial charge is 0.419 e. The number of hydrogen-bond donors (Lipinski definition) is 1. The number of rotatable bonds is 3. The van der Waals surface area contributed by atoms with Gasteiger partial charge in [0, 0.05) is 11.8 Å². The maximum absolute atomic E-state index is 13.1. The van der Waals surface area contributed by atoms with Gasteiger partial charge in [0.15, 0.2) is 0 Å². The van der Waals surface area contributed by atoms with E-state index in [2.05, 4.69) is 15.3 Å². The van der Waals surface area contributed by atoms with Crippen LogP contribution < -0.4 is 5.32 Å². The molecule has 0 atom stereocenters. The van der Waals surface area contributed by atoms with Crippen LogP contribution in [0.3, 0.4) is 0 Å². The van der Waals surface area contributed by atoms with Gasteiger partial charge in [-0.2, -0.15) is 13.2 Å². The second-order valence-corrected chi connectivity index (χ2v) is 4.08. The quantitative estimate of drug-likeness (QED) is 0.886. The molecule has 0 spiro atoms. The van der Waals surface area contributed by atoms with E-state index in [1.54, 1.807) is 6.07 Å². The van der Waals surface area contributed by atoms with Crippen LogP contribution in [0.4, 0.5) is 17.6 Å². The molecule has 0 aliphatic heterocycles. The average molecular weight is 299 g/mol. The fraction of sp³-hybridized carbons (Fsp3) is 0.154. The Kier molecular flexibility index (Phi) is 4.15. The average Bonchev–Trinajstić information content (AvgIpc) is 2.45. The van der Waals surface area contributed by atoms with E-state index in [1.165, 1.54) is 12.5 Å². The molecule has 2 rings (SSSR count). The molecule has 110 valence electrons. The molecule has 1 N–H and O–H groups in total. The summed E-state index contributed by atoms with van der Waals surface area (Å²) in [7, 11) is 0. The van der Waals surface area contributed by atoms with Crippen LogP contribution >= 0.6 is 0 Å². The molecule has 0 aliphatic rings. The van der Waals surface area contributed by atoms with Crippen molar-refractivity contribution in [3.63, 3.8) is 0 Å². The highest BCUT2D eigenvalue weighted by atomic mass is 19.4. The standard InChI is InChI=1S/C13H9F4N3O/c14-11-2-1-8(5-10(11)13(15,16)17)12(21)19-6-9-3-4-18-7-20-9/h1-5,7H,6H2,(H,19,21). The van der Waals surface area contributed by atoms with Crippen molar-refractivity contribution in [1.82, 2.24) is 15.3 Å². The normalized spacial score (nSPS) is 11.2. The Morgan fingerprint density at radius 1 is 1.24 bits per heavy atom. The van der Waals surface area contributed by atoms with E-state index >= 15 is 0 Å². The highest BCUT2D eigenvalue weighted by Gasteiger charge is 2.34. The van der Waals surface area contributed by atoms with Crippen molar-refractivity contribution in [2.45, 2.75) is 12.7 Å². The Labute approximate surface area is 116 Å². The van der Waals surface area contributed by atoms with Gasteiger partial charge >= 0.3 is 6.18 Å². The van der Waals surface area contributed by atoms with Crippen molar-refractivity contribution in [3.05, 3.63) is 59.4 Å². The SMILES string of the molecule is O=C(NCc1ccncn1)c1ccc(F)c(C(F)(F)F)c1. The molecule has 2 aromatic rings. The van der Waals surface area contributed by atoms with E-state index in [0.29, 0.717) is 17.8 Å². The number of nitrogens with zero attached hydrogens (tertiary/aromatic N) is 2. The molecule has 1 amide bonds. The summed E-state index contributed by atoms with van der Waals surface area (Å²) in [5, 5.41) is 2.39. The minimum Gasteiger partial charge on any atom is -0.346 e. The van der Waals surface area contributed by atoms with Crippen LogP contribution in [-0.4, -0.2) is 15.9 Å². The predicted octanol–water partition coefficient (Wildman–Crippen LogP) is 2.56. The number of halogens is 4. The molecule has 4 nitrogen and oxygen atoms in total. The lowest BCUT2D eigenvalue weighted by Crippen LogP contribution is -2.24. The topological polar surface area (TPSA) is 54.9 Å². The Morgan fingerprint density at radius 2 is 2.00 bits per heavy atom. The summed E-state index contributed by atoms with van der Waals surface area (Å²) in [5.41, 5.74) is -1.26. The van der Waals surface area contributed by atoms with Crippen molar-refractivity contribution in [2.24, 2.45) is 0 Å². The van der Waals surface area contributed by atoms with Crippen molar-refractivity contribution in [1.29, 1.82) is 0 Å². The lowest BCUT2D eigenvalue weighted by Gasteiger charge is -2.10. The third kappa shape index (κ3) is 3.74. The Hall–Kier alpha value is -2.51. The highest BCUT2D eigenvalue weighted by Crippen LogP contribution is 2.31. The summed E-state index contributed by atoms with van der Waals surface area (Å²) < 4.78 is 50.8. The summed E-state index contributed by atoms with van der Waals surface area (Å²) in [6.07, 6.45) is -2.11. The molecule has 1 heterocycles. The van der Waals surface area contributed by atoms with Crippen LogP contribution in [0.25, 0.3) is 0 Å². The molecule has 21 heavy (non-hydrogen) atoms. The van der Waals surface area contributed by atoms with Crippen LogP contribution in [0.2, 0.25) is 0 Å². The lowest BCUT2D eigenvalue weighted by molar-refractivity contribution is -0.140. The van der Waals surface area contributed by atoms with Gasteiger partial charge < -0.3 is 5.32 Å². The van der Waals surface area contributed by atoms with Crippen LogP contribution in [0, 0.1) is 5.82 Å². The van der Waals surface area contributed by atoms with Crippen LogP contribution in [0.5, 0.6) is 0 Å². The first-order chi connectivity index (χ1) is 9.88.